The van der Waals surface area contributed by atoms with Crippen LogP contribution in [0.3, 0.4) is 0 Å². The summed E-state index contributed by atoms with van der Waals surface area (Å²) in [7, 11) is -0.568. The Hall–Kier alpha value is -2.27. The van der Waals surface area contributed by atoms with Gasteiger partial charge in [-0.2, -0.15) is 9.97 Å². The normalized spacial score (nSPS) is 22.9. The first-order chi connectivity index (χ1) is 14.4. The highest BCUT2D eigenvalue weighted by molar-refractivity contribution is 7.53. The molecule has 1 fully saturated rings. The van der Waals surface area contributed by atoms with E-state index < -0.39 is 31.4 Å². The van der Waals surface area contributed by atoms with Crippen LogP contribution in [0, 0.1) is 18.4 Å². The minimum absolute atomic E-state index is 0.0845. The van der Waals surface area contributed by atoms with Crippen LogP contribution >= 0.6 is 7.60 Å². The third-order valence-corrected chi connectivity index (χ3v) is 6.39. The topological polar surface area (TPSA) is 161 Å². The fourth-order valence-corrected chi connectivity index (χ4v) is 3.82. The number of carbonyl (C=O) groups excluding carboxylic acids is 1. The molecule has 3 N–H and O–H groups in total. The lowest BCUT2D eigenvalue weighted by molar-refractivity contribution is -0.160. The number of hydrogen-bond donors (Lipinski definition) is 2. The second-order valence-electron chi connectivity index (χ2n) is 8.56. The van der Waals surface area contributed by atoms with Crippen molar-refractivity contribution in [2.75, 3.05) is 18.9 Å². The molecular weight excluding hydrogens is 429 g/mol. The maximum absolute atomic E-state index is 12.8. The summed E-state index contributed by atoms with van der Waals surface area (Å²) >= 11 is 0. The number of imidazole rings is 1. The monoisotopic (exact) mass is 456 g/mol. The number of nitrogen functional groups attached to an aromatic ring is 1. The van der Waals surface area contributed by atoms with Crippen molar-refractivity contribution < 1.29 is 33.0 Å². The molecule has 2 aromatic rings. The van der Waals surface area contributed by atoms with Crippen LogP contribution in [0.5, 0.6) is 5.88 Å². The van der Waals surface area contributed by atoms with E-state index in [1.807, 2.05) is 6.92 Å². The molecule has 3 atom stereocenters. The molecule has 1 radical (unpaired) electrons. The second kappa shape index (κ2) is 8.34. The molecule has 13 heteroatoms. The smallest absolute Gasteiger partial charge is 0.359 e. The fraction of sp³-hybridized carbons (Fsp3) is 0.611. The van der Waals surface area contributed by atoms with Gasteiger partial charge in [0.25, 0.3) is 0 Å². The summed E-state index contributed by atoms with van der Waals surface area (Å²) in [6, 6.07) is 0. The van der Waals surface area contributed by atoms with Crippen LogP contribution in [0.2, 0.25) is 0 Å². The van der Waals surface area contributed by atoms with Gasteiger partial charge in [-0.1, -0.05) is 6.92 Å². The first kappa shape index (κ1) is 23.4. The summed E-state index contributed by atoms with van der Waals surface area (Å²) in [5, 5.41) is 9.89. The van der Waals surface area contributed by atoms with Crippen LogP contribution in [0.1, 0.15) is 34.1 Å². The Bertz CT molecular complexity index is 1020. The predicted octanol–water partition coefficient (Wildman–Crippen LogP) is 2.43. The standard InChI is InChI=1S/C18H27N5O7P/c1-11-6-18(11,7-23-8-20-12-13(23)21-16(19)22-14(12)24)29-10-31(26,27-5)30-9-28-15(25)17(2,3)4/h8,11H,5-7,9-10H2,1-4H3,(H3,19,21,22,24). The zero-order chi connectivity index (χ0) is 23.0. The van der Waals surface area contributed by atoms with Crippen LogP contribution in [-0.4, -0.2) is 49.3 Å². The SMILES string of the molecule is [CH2]OP(=O)(COC1(Cn2cnc3c(O)nc(N)nc32)CC1C)OCOC(=O)C(C)(C)C. The van der Waals surface area contributed by atoms with E-state index in [0.717, 1.165) is 0 Å². The van der Waals surface area contributed by atoms with Gasteiger partial charge in [0.1, 0.15) is 6.35 Å². The number of nitrogens with zero attached hydrogens (tertiary/aromatic N) is 4. The number of esters is 1. The number of aromatic hydroxyl groups is 1. The van der Waals surface area contributed by atoms with Crippen molar-refractivity contribution in [1.29, 1.82) is 0 Å². The van der Waals surface area contributed by atoms with Gasteiger partial charge in [-0.3, -0.25) is 13.9 Å². The number of hydrogen-bond acceptors (Lipinski definition) is 11. The molecule has 3 rings (SSSR count). The van der Waals surface area contributed by atoms with Gasteiger partial charge < -0.3 is 29.4 Å². The number of ether oxygens (including phenoxy) is 2. The molecule has 2 aromatic heterocycles. The van der Waals surface area contributed by atoms with Crippen molar-refractivity contribution in [3.8, 4) is 5.88 Å². The molecule has 2 heterocycles. The van der Waals surface area contributed by atoms with Crippen molar-refractivity contribution >= 4 is 30.7 Å². The Morgan fingerprint density at radius 3 is 2.71 bits per heavy atom. The van der Waals surface area contributed by atoms with Crippen LogP contribution in [0.25, 0.3) is 11.2 Å². The van der Waals surface area contributed by atoms with Crippen molar-refractivity contribution in [2.45, 2.75) is 46.3 Å². The van der Waals surface area contributed by atoms with Crippen LogP contribution in [0.15, 0.2) is 6.33 Å². The lowest BCUT2D eigenvalue weighted by Crippen LogP contribution is -2.26. The maximum Gasteiger partial charge on any atom is 0.359 e. The summed E-state index contributed by atoms with van der Waals surface area (Å²) in [6.07, 6.45) is 1.78. The van der Waals surface area contributed by atoms with Crippen molar-refractivity contribution in [3.63, 3.8) is 0 Å². The third-order valence-electron chi connectivity index (χ3n) is 5.05. The number of fused-ring (bicyclic) bond motifs is 1. The van der Waals surface area contributed by atoms with Crippen LogP contribution in [-0.2, 0) is 34.4 Å². The highest BCUT2D eigenvalue weighted by atomic mass is 31.2. The molecule has 31 heavy (non-hydrogen) atoms. The minimum atomic E-state index is -3.77. The first-order valence-electron chi connectivity index (χ1n) is 9.55. The van der Waals surface area contributed by atoms with Gasteiger partial charge in [0.15, 0.2) is 11.2 Å². The van der Waals surface area contributed by atoms with E-state index >= 15 is 0 Å². The molecular formula is C18H27N5O7P. The molecule has 1 saturated carbocycles. The molecule has 1 aliphatic carbocycles. The Morgan fingerprint density at radius 2 is 2.13 bits per heavy atom. The molecule has 0 spiro atoms. The van der Waals surface area contributed by atoms with Gasteiger partial charge in [0, 0.05) is 0 Å². The second-order valence-corrected chi connectivity index (χ2v) is 10.6. The van der Waals surface area contributed by atoms with E-state index in [1.54, 1.807) is 25.3 Å². The Kier molecular flexibility index (Phi) is 6.30. The average Bonchev–Trinajstić information content (AvgIpc) is 3.13. The van der Waals surface area contributed by atoms with E-state index in [0.29, 0.717) is 18.6 Å². The van der Waals surface area contributed by atoms with Gasteiger partial charge >= 0.3 is 13.6 Å². The molecule has 0 aromatic carbocycles. The number of anilines is 1. The molecule has 12 nitrogen and oxygen atoms in total. The summed E-state index contributed by atoms with van der Waals surface area (Å²) in [4.78, 5) is 23.7. The molecule has 0 aliphatic heterocycles. The summed E-state index contributed by atoms with van der Waals surface area (Å²) in [5.74, 6) is -0.769. The summed E-state index contributed by atoms with van der Waals surface area (Å²) in [5.41, 5.74) is 4.79. The van der Waals surface area contributed by atoms with Gasteiger partial charge in [0.05, 0.1) is 31.0 Å². The first-order valence-corrected chi connectivity index (χ1v) is 11.3. The van der Waals surface area contributed by atoms with Crippen molar-refractivity contribution in [1.82, 2.24) is 19.5 Å². The Balaban J connectivity index is 1.65. The summed E-state index contributed by atoms with van der Waals surface area (Å²) in [6.45, 7) is 6.81. The molecule has 1 aliphatic rings. The van der Waals surface area contributed by atoms with Crippen LogP contribution < -0.4 is 5.73 Å². The van der Waals surface area contributed by atoms with E-state index in [9.17, 15) is 14.5 Å². The van der Waals surface area contributed by atoms with E-state index in [2.05, 4.69) is 22.1 Å². The molecule has 3 unspecified atom stereocenters. The molecule has 0 amide bonds. The van der Waals surface area contributed by atoms with E-state index in [1.165, 1.54) is 6.33 Å². The minimum Gasteiger partial charge on any atom is -0.492 e. The number of carbonyl (C=O) groups is 1. The van der Waals surface area contributed by atoms with E-state index in [4.69, 9.17) is 24.3 Å². The fourth-order valence-electron chi connectivity index (χ4n) is 2.97. The Morgan fingerprint density at radius 1 is 1.45 bits per heavy atom. The zero-order valence-corrected chi connectivity index (χ0v) is 18.8. The quantitative estimate of drug-likeness (QED) is 0.324. The third kappa shape index (κ3) is 5.15. The van der Waals surface area contributed by atoms with Gasteiger partial charge in [-0.25, -0.2) is 4.98 Å². The highest BCUT2D eigenvalue weighted by Gasteiger charge is 2.54. The van der Waals surface area contributed by atoms with Gasteiger partial charge in [-0.05, 0) is 33.1 Å². The average molecular weight is 456 g/mol. The number of nitrogens with two attached hydrogens (primary N) is 1. The van der Waals surface area contributed by atoms with Crippen molar-refractivity contribution in [2.24, 2.45) is 11.3 Å². The van der Waals surface area contributed by atoms with Gasteiger partial charge in [-0.15, -0.1) is 0 Å². The van der Waals surface area contributed by atoms with Crippen molar-refractivity contribution in [3.05, 3.63) is 13.4 Å². The summed E-state index contributed by atoms with van der Waals surface area (Å²) < 4.78 is 35.3. The van der Waals surface area contributed by atoms with Gasteiger partial charge in [0.2, 0.25) is 18.6 Å². The number of aromatic nitrogens is 4. The lowest BCUT2D eigenvalue weighted by atomic mass is 9.98. The van der Waals surface area contributed by atoms with E-state index in [-0.39, 0.29) is 29.6 Å². The Labute approximate surface area is 179 Å². The molecule has 0 saturated heterocycles. The predicted molar refractivity (Wildman–Crippen MR) is 109 cm³/mol. The lowest BCUT2D eigenvalue weighted by Gasteiger charge is -2.23. The zero-order valence-electron chi connectivity index (χ0n) is 17.9. The van der Waals surface area contributed by atoms with Crippen LogP contribution in [0.4, 0.5) is 5.95 Å². The molecule has 171 valence electrons. The molecule has 0 bridgehead atoms. The largest absolute Gasteiger partial charge is 0.492 e. The maximum atomic E-state index is 12.8. The highest BCUT2D eigenvalue weighted by Crippen LogP contribution is 2.54. The number of rotatable bonds is 9.